The Kier molecular flexibility index (Phi) is 15.7. The van der Waals surface area contributed by atoms with Crippen molar-refractivity contribution in [1.29, 1.82) is 0 Å². The van der Waals surface area contributed by atoms with Crippen molar-refractivity contribution in [3.63, 3.8) is 0 Å². The first kappa shape index (κ1) is 17.7. The van der Waals surface area contributed by atoms with Gasteiger partial charge in [0.1, 0.15) is 0 Å². The minimum Gasteiger partial charge on any atom is 0 e. The summed E-state index contributed by atoms with van der Waals surface area (Å²) in [7, 11) is 8.75. The van der Waals surface area contributed by atoms with Crippen molar-refractivity contribution in [3.05, 3.63) is 0 Å². The van der Waals surface area contributed by atoms with Gasteiger partial charge in [-0.15, -0.1) is 0 Å². The van der Waals surface area contributed by atoms with E-state index in [0.717, 1.165) is 0 Å². The van der Waals surface area contributed by atoms with Crippen LogP contribution >= 0.6 is 30.4 Å². The van der Waals surface area contributed by atoms with E-state index in [2.05, 4.69) is 0 Å². The quantitative estimate of drug-likeness (QED) is 0.521. The van der Waals surface area contributed by atoms with E-state index in [1.165, 1.54) is 0 Å². The van der Waals surface area contributed by atoms with Gasteiger partial charge in [0, 0.05) is 17.1 Å². The van der Waals surface area contributed by atoms with Crippen molar-refractivity contribution >= 4 is 40.8 Å². The molecule has 0 amide bonds. The molecule has 0 spiro atoms. The van der Waals surface area contributed by atoms with Gasteiger partial charge in [-0.1, -0.05) is 0 Å². The molecule has 0 unspecified atom stereocenters. The van der Waals surface area contributed by atoms with Crippen LogP contribution in [0.3, 0.4) is 0 Å². The van der Waals surface area contributed by atoms with E-state index in [0.29, 0.717) is 0 Å². The summed E-state index contributed by atoms with van der Waals surface area (Å²) in [6, 6.07) is 0. The predicted octanol–water partition coefficient (Wildman–Crippen LogP) is 1.41. The number of rotatable bonds is 0. The molecular weight excluding hydrogens is 325 g/mol. The maximum absolute atomic E-state index is 8.74. The van der Waals surface area contributed by atoms with Gasteiger partial charge in [0.2, 0.25) is 0 Å². The van der Waals surface area contributed by atoms with E-state index in [1.54, 1.807) is 0 Å². The Bertz CT molecular complexity index is 132. The van der Waals surface area contributed by atoms with Crippen LogP contribution in [0.2, 0.25) is 0 Å². The zero-order chi connectivity index (χ0) is 8.08. The SMILES string of the molecule is O=S(=O)(O)O.[Cl][Co]([Cl])[Cl].[Cu]. The summed E-state index contributed by atoms with van der Waals surface area (Å²) in [4.78, 5) is 0. The van der Waals surface area contributed by atoms with E-state index >= 15 is 0 Å². The second kappa shape index (κ2) is 8.86. The average Bonchev–Trinajstić information content (AvgIpc) is 1.19. The molecule has 0 bridgehead atoms. The molecule has 0 heterocycles. The Labute approximate surface area is 85.8 Å². The third-order valence-corrected chi connectivity index (χ3v) is 0. The molecule has 1 radical (unpaired) electrons. The average molecular weight is 327 g/mol. The Hall–Kier alpha value is 1.77. The van der Waals surface area contributed by atoms with Crippen LogP contribution in [0.1, 0.15) is 0 Å². The summed E-state index contributed by atoms with van der Waals surface area (Å²) in [5.41, 5.74) is 0. The van der Waals surface area contributed by atoms with Gasteiger partial charge < -0.3 is 0 Å². The predicted molar refractivity (Wildman–Crippen MR) is 31.7 cm³/mol. The molecule has 0 aliphatic rings. The third-order valence-electron chi connectivity index (χ3n) is 0. The van der Waals surface area contributed by atoms with Crippen molar-refractivity contribution in [2.24, 2.45) is 0 Å². The van der Waals surface area contributed by atoms with Crippen LogP contribution in [0.15, 0.2) is 0 Å². The van der Waals surface area contributed by atoms with Crippen molar-refractivity contribution in [3.8, 4) is 0 Å². The fourth-order valence-electron chi connectivity index (χ4n) is 0. The van der Waals surface area contributed by atoms with Gasteiger partial charge in [-0.3, -0.25) is 9.11 Å². The molecule has 0 aromatic carbocycles. The van der Waals surface area contributed by atoms with E-state index in [-0.39, 0.29) is 17.1 Å². The second-order valence-electron chi connectivity index (χ2n) is 0.591. The van der Waals surface area contributed by atoms with E-state index < -0.39 is 21.3 Å². The summed E-state index contributed by atoms with van der Waals surface area (Å²) in [5, 5.41) is 0. The van der Waals surface area contributed by atoms with Gasteiger partial charge in [0.05, 0.1) is 0 Å². The number of halogens is 3. The summed E-state index contributed by atoms with van der Waals surface area (Å²) in [5.74, 6) is 0. The fourth-order valence-corrected chi connectivity index (χ4v) is 0. The third kappa shape index (κ3) is 241. The van der Waals surface area contributed by atoms with Crippen molar-refractivity contribution in [1.82, 2.24) is 0 Å². The van der Waals surface area contributed by atoms with Gasteiger partial charge in [-0.05, 0) is 0 Å². The molecule has 0 aliphatic carbocycles. The maximum atomic E-state index is 8.74. The van der Waals surface area contributed by atoms with Crippen LogP contribution in [0, 0.1) is 0 Å². The first-order valence-corrected chi connectivity index (χ1v) is 6.77. The van der Waals surface area contributed by atoms with Crippen LogP contribution in [0.5, 0.6) is 0 Å². The van der Waals surface area contributed by atoms with Gasteiger partial charge in [-0.25, -0.2) is 0 Å². The molecule has 0 saturated carbocycles. The normalized spacial score (nSPS) is 10.3. The Morgan fingerprint density at radius 3 is 1.10 bits per heavy atom. The van der Waals surface area contributed by atoms with E-state index in [4.69, 9.17) is 48.0 Å². The van der Waals surface area contributed by atoms with Crippen molar-refractivity contribution < 1.29 is 45.5 Å². The van der Waals surface area contributed by atoms with Gasteiger partial charge >= 0.3 is 51.8 Å². The smallest absolute Gasteiger partial charge is 0 e. The molecule has 0 saturated heterocycles. The van der Waals surface area contributed by atoms with Crippen LogP contribution in [0.4, 0.5) is 0 Å². The monoisotopic (exact) mass is 325 g/mol. The molecule has 10 heteroatoms. The summed E-state index contributed by atoms with van der Waals surface area (Å²) < 4.78 is 31.6. The molecule has 4 nitrogen and oxygen atoms in total. The zero-order valence-corrected chi connectivity index (χ0v) is 8.95. The Morgan fingerprint density at radius 2 is 1.10 bits per heavy atom. The standard InChI is InChI=1S/3ClH.Co.Cu.H2O4S/c;;;;;1-5(2,3)4/h3*1H;;;(H2,1,2,3,4)/q;;;+3;;/p-3. The molecule has 73 valence electrons. The summed E-state index contributed by atoms with van der Waals surface area (Å²) >= 11 is 0. The van der Waals surface area contributed by atoms with Crippen molar-refractivity contribution in [2.75, 3.05) is 0 Å². The molecule has 0 aliphatic heterocycles. The molecule has 0 aromatic heterocycles. The Morgan fingerprint density at radius 1 is 1.10 bits per heavy atom. The minimum absolute atomic E-state index is 0. The van der Waals surface area contributed by atoms with Gasteiger partial charge in [-0.2, -0.15) is 8.42 Å². The first-order chi connectivity index (χ1) is 3.73. The largest absolute Gasteiger partial charge is 0 e. The van der Waals surface area contributed by atoms with E-state index in [9.17, 15) is 0 Å². The summed E-state index contributed by atoms with van der Waals surface area (Å²) in [6.07, 6.45) is 0. The topological polar surface area (TPSA) is 74.6 Å². The number of hydrogen-bond acceptors (Lipinski definition) is 2. The van der Waals surface area contributed by atoms with Crippen LogP contribution in [-0.2, 0) is 38.4 Å². The molecule has 10 heavy (non-hydrogen) atoms. The molecule has 0 atom stereocenters. The van der Waals surface area contributed by atoms with Gasteiger partial charge in [0.25, 0.3) is 0 Å². The molecule has 0 aromatic rings. The molecule has 0 fully saturated rings. The van der Waals surface area contributed by atoms with E-state index in [1.807, 2.05) is 0 Å². The first-order valence-electron chi connectivity index (χ1n) is 1.08. The van der Waals surface area contributed by atoms with Crippen LogP contribution in [0.25, 0.3) is 0 Å². The second-order valence-corrected chi connectivity index (χ2v) is 6.64. The summed E-state index contributed by atoms with van der Waals surface area (Å²) in [6.45, 7) is 0. The van der Waals surface area contributed by atoms with Crippen LogP contribution in [-0.4, -0.2) is 17.5 Å². The van der Waals surface area contributed by atoms with Crippen LogP contribution < -0.4 is 0 Å². The minimum atomic E-state index is -4.67. The van der Waals surface area contributed by atoms with Crippen molar-refractivity contribution in [2.45, 2.75) is 0 Å². The zero-order valence-electron chi connectivity index (χ0n) is 3.89. The fraction of sp³-hybridized carbons (Fsp3) is 0. The molecule has 0 rings (SSSR count). The van der Waals surface area contributed by atoms with Gasteiger partial charge in [0.15, 0.2) is 0 Å². The number of hydrogen-bond donors (Lipinski definition) is 2. The maximum Gasteiger partial charge on any atom is 0 e. The Balaban J connectivity index is -0.0000000910. The molecular formula is H2Cl3CoCuO4S. The molecule has 2 N–H and O–H groups in total.